The summed E-state index contributed by atoms with van der Waals surface area (Å²) in [7, 11) is 0. The summed E-state index contributed by atoms with van der Waals surface area (Å²) in [6, 6.07) is 5.93. The van der Waals surface area contributed by atoms with E-state index in [1.165, 1.54) is 0 Å². The molecule has 0 amide bonds. The molecule has 0 saturated carbocycles. The molecule has 0 spiro atoms. The average molecular weight is 278 g/mol. The van der Waals surface area contributed by atoms with Crippen LogP contribution in [0.2, 0.25) is 0 Å². The lowest BCUT2D eigenvalue weighted by molar-refractivity contribution is 0.00937. The van der Waals surface area contributed by atoms with Crippen molar-refractivity contribution in [1.82, 2.24) is 9.88 Å². The van der Waals surface area contributed by atoms with Crippen molar-refractivity contribution in [3.8, 4) is 0 Å². The summed E-state index contributed by atoms with van der Waals surface area (Å²) in [6.45, 7) is 10.1. The summed E-state index contributed by atoms with van der Waals surface area (Å²) in [5.74, 6) is 0. The Kier molecular flexibility index (Phi) is 5.95. The highest BCUT2D eigenvalue weighted by atomic mass is 16.5. The normalized spacial score (nSPS) is 21.5. The Bertz CT molecular complexity index is 383. The predicted molar refractivity (Wildman–Crippen MR) is 79.7 cm³/mol. The second-order valence-corrected chi connectivity index (χ2v) is 5.66. The minimum absolute atomic E-state index is 0.0570. The molecule has 2 rings (SSSR count). The van der Waals surface area contributed by atoms with Gasteiger partial charge >= 0.3 is 0 Å². The third-order valence-electron chi connectivity index (χ3n) is 3.57. The molecule has 0 N–H and O–H groups in total. The number of nitrogens with zero attached hydrogens (tertiary/aromatic N) is 2. The Morgan fingerprint density at radius 3 is 2.90 bits per heavy atom. The first kappa shape index (κ1) is 15.4. The molecule has 1 fully saturated rings. The van der Waals surface area contributed by atoms with Gasteiger partial charge in [-0.3, -0.25) is 9.88 Å². The molecule has 0 bridgehead atoms. The van der Waals surface area contributed by atoms with Gasteiger partial charge in [0.1, 0.15) is 0 Å². The van der Waals surface area contributed by atoms with Crippen LogP contribution in [-0.2, 0) is 9.47 Å². The monoisotopic (exact) mass is 278 g/mol. The van der Waals surface area contributed by atoms with Crippen LogP contribution < -0.4 is 0 Å². The third kappa shape index (κ3) is 4.85. The minimum Gasteiger partial charge on any atom is -0.374 e. The van der Waals surface area contributed by atoms with E-state index >= 15 is 0 Å². The van der Waals surface area contributed by atoms with Gasteiger partial charge in [0, 0.05) is 25.8 Å². The molecule has 0 unspecified atom stereocenters. The first-order chi connectivity index (χ1) is 9.65. The smallest absolute Gasteiger partial charge is 0.0967 e. The van der Waals surface area contributed by atoms with Crippen LogP contribution in [0.1, 0.15) is 39.0 Å². The molecular formula is C16H26N2O2. The van der Waals surface area contributed by atoms with Gasteiger partial charge in [0.05, 0.1) is 30.6 Å². The number of likely N-dealkylation sites (tertiary alicyclic amines) is 1. The lowest BCUT2D eigenvalue weighted by Crippen LogP contribution is -2.28. The minimum atomic E-state index is 0.0570. The summed E-state index contributed by atoms with van der Waals surface area (Å²) in [4.78, 5) is 6.73. The fourth-order valence-electron chi connectivity index (χ4n) is 2.56. The van der Waals surface area contributed by atoms with Gasteiger partial charge in [0.15, 0.2) is 0 Å². The van der Waals surface area contributed by atoms with Crippen molar-refractivity contribution < 1.29 is 9.47 Å². The van der Waals surface area contributed by atoms with E-state index in [0.717, 1.165) is 38.4 Å². The summed E-state index contributed by atoms with van der Waals surface area (Å²) >= 11 is 0. The fourth-order valence-corrected chi connectivity index (χ4v) is 2.56. The first-order valence-corrected chi connectivity index (χ1v) is 7.55. The topological polar surface area (TPSA) is 34.6 Å². The standard InChI is InChI=1S/C16H26N2O2/c1-13(2)20-15-7-9-18(12-15)10-11-19-14(3)16-6-4-5-8-17-16/h4-6,8,13-15H,7,9-12H2,1-3H3/t14-,15-/m1/s1. The van der Waals surface area contributed by atoms with Gasteiger partial charge < -0.3 is 9.47 Å². The van der Waals surface area contributed by atoms with Crippen LogP contribution in [0.3, 0.4) is 0 Å². The molecule has 20 heavy (non-hydrogen) atoms. The second kappa shape index (κ2) is 7.72. The molecule has 0 aromatic carbocycles. The van der Waals surface area contributed by atoms with Crippen LogP contribution in [0.15, 0.2) is 24.4 Å². The van der Waals surface area contributed by atoms with Gasteiger partial charge in [-0.05, 0) is 39.3 Å². The second-order valence-electron chi connectivity index (χ2n) is 5.66. The predicted octanol–water partition coefficient (Wildman–Crippen LogP) is 2.66. The third-order valence-corrected chi connectivity index (χ3v) is 3.57. The van der Waals surface area contributed by atoms with Crippen LogP contribution in [0.25, 0.3) is 0 Å². The van der Waals surface area contributed by atoms with Crippen molar-refractivity contribution in [2.75, 3.05) is 26.2 Å². The van der Waals surface area contributed by atoms with E-state index in [1.54, 1.807) is 0 Å². The maximum Gasteiger partial charge on any atom is 0.0967 e. The molecule has 2 heterocycles. The summed E-state index contributed by atoms with van der Waals surface area (Å²) in [5, 5.41) is 0. The van der Waals surface area contributed by atoms with E-state index in [0.29, 0.717) is 12.2 Å². The average Bonchev–Trinajstić information content (AvgIpc) is 2.86. The Labute approximate surface area is 122 Å². The van der Waals surface area contributed by atoms with E-state index in [-0.39, 0.29) is 6.10 Å². The van der Waals surface area contributed by atoms with Gasteiger partial charge in [-0.1, -0.05) is 6.07 Å². The largest absolute Gasteiger partial charge is 0.374 e. The Morgan fingerprint density at radius 1 is 1.35 bits per heavy atom. The molecular weight excluding hydrogens is 252 g/mol. The van der Waals surface area contributed by atoms with E-state index in [1.807, 2.05) is 24.4 Å². The van der Waals surface area contributed by atoms with Crippen molar-refractivity contribution in [2.45, 2.75) is 45.5 Å². The number of hydrogen-bond donors (Lipinski definition) is 0. The summed E-state index contributed by atoms with van der Waals surface area (Å²) in [5.41, 5.74) is 0.995. The van der Waals surface area contributed by atoms with Gasteiger partial charge in [0.25, 0.3) is 0 Å². The van der Waals surface area contributed by atoms with Crippen LogP contribution in [0.4, 0.5) is 0 Å². The molecule has 4 heteroatoms. The van der Waals surface area contributed by atoms with Crippen LogP contribution in [0.5, 0.6) is 0 Å². The van der Waals surface area contributed by atoms with Crippen molar-refractivity contribution in [1.29, 1.82) is 0 Å². The van der Waals surface area contributed by atoms with Crippen molar-refractivity contribution in [3.63, 3.8) is 0 Å². The molecule has 1 aromatic heterocycles. The van der Waals surface area contributed by atoms with Gasteiger partial charge in [0.2, 0.25) is 0 Å². The van der Waals surface area contributed by atoms with Crippen molar-refractivity contribution in [2.24, 2.45) is 0 Å². The summed E-state index contributed by atoms with van der Waals surface area (Å²) < 4.78 is 11.7. The molecule has 0 aliphatic carbocycles. The lowest BCUT2D eigenvalue weighted by atomic mass is 10.2. The van der Waals surface area contributed by atoms with E-state index in [2.05, 4.69) is 30.7 Å². The zero-order chi connectivity index (χ0) is 14.4. The van der Waals surface area contributed by atoms with Gasteiger partial charge in [-0.15, -0.1) is 0 Å². The highest BCUT2D eigenvalue weighted by Gasteiger charge is 2.23. The SMILES string of the molecule is CC(C)O[C@@H]1CCN(CCO[C@H](C)c2ccccn2)C1. The Balaban J connectivity index is 1.64. The molecule has 1 aliphatic rings. The molecule has 4 nitrogen and oxygen atoms in total. The van der Waals surface area contributed by atoms with Gasteiger partial charge in [-0.2, -0.15) is 0 Å². The number of rotatable bonds is 7. The Hall–Kier alpha value is -0.970. The maximum absolute atomic E-state index is 5.86. The highest BCUT2D eigenvalue weighted by molar-refractivity contribution is 5.05. The fraction of sp³-hybridized carbons (Fsp3) is 0.688. The van der Waals surface area contributed by atoms with Crippen LogP contribution in [-0.4, -0.2) is 48.3 Å². The highest BCUT2D eigenvalue weighted by Crippen LogP contribution is 2.16. The van der Waals surface area contributed by atoms with Crippen LogP contribution >= 0.6 is 0 Å². The molecule has 1 saturated heterocycles. The quantitative estimate of drug-likeness (QED) is 0.768. The number of hydrogen-bond acceptors (Lipinski definition) is 4. The van der Waals surface area contributed by atoms with Gasteiger partial charge in [-0.25, -0.2) is 0 Å². The van der Waals surface area contributed by atoms with E-state index in [9.17, 15) is 0 Å². The Morgan fingerprint density at radius 2 is 2.20 bits per heavy atom. The molecule has 112 valence electrons. The van der Waals surface area contributed by atoms with E-state index in [4.69, 9.17) is 9.47 Å². The zero-order valence-corrected chi connectivity index (χ0v) is 12.8. The van der Waals surface area contributed by atoms with Crippen molar-refractivity contribution >= 4 is 0 Å². The zero-order valence-electron chi connectivity index (χ0n) is 12.8. The summed E-state index contributed by atoms with van der Waals surface area (Å²) in [6.07, 6.45) is 3.71. The van der Waals surface area contributed by atoms with E-state index < -0.39 is 0 Å². The molecule has 1 aromatic rings. The van der Waals surface area contributed by atoms with Crippen molar-refractivity contribution in [3.05, 3.63) is 30.1 Å². The van der Waals surface area contributed by atoms with Crippen LogP contribution in [0, 0.1) is 0 Å². The molecule has 0 radical (unpaired) electrons. The maximum atomic E-state index is 5.86. The molecule has 2 atom stereocenters. The molecule has 1 aliphatic heterocycles. The number of aromatic nitrogens is 1. The number of pyridine rings is 1. The first-order valence-electron chi connectivity index (χ1n) is 7.55. The number of ether oxygens (including phenoxy) is 2. The lowest BCUT2D eigenvalue weighted by Gasteiger charge is -2.19.